The molecular formula is C20H25N3O5S. The highest BCUT2D eigenvalue weighted by molar-refractivity contribution is 8.04. The van der Waals surface area contributed by atoms with Crippen LogP contribution in [0, 0.1) is 0 Å². The normalized spacial score (nSPS) is 17.9. The molecular weight excluding hydrogens is 394 g/mol. The van der Waals surface area contributed by atoms with Gasteiger partial charge in [0.25, 0.3) is 11.8 Å². The van der Waals surface area contributed by atoms with Gasteiger partial charge >= 0.3 is 0 Å². The fourth-order valence-corrected chi connectivity index (χ4v) is 4.16. The number of rotatable bonds is 8. The number of aliphatic hydroxyl groups is 1. The summed E-state index contributed by atoms with van der Waals surface area (Å²) in [5.74, 6) is -0.491. The number of amides is 3. The molecule has 2 heterocycles. The first-order valence-electron chi connectivity index (χ1n) is 9.53. The molecule has 0 saturated carbocycles. The third kappa shape index (κ3) is 5.24. The maximum Gasteiger partial charge on any atom is 0.268 e. The quantitative estimate of drug-likeness (QED) is 0.601. The molecule has 0 aliphatic carbocycles. The summed E-state index contributed by atoms with van der Waals surface area (Å²) in [7, 11) is 0. The van der Waals surface area contributed by atoms with Crippen LogP contribution < -0.4 is 5.32 Å². The molecule has 3 amide bonds. The highest BCUT2D eigenvalue weighted by atomic mass is 32.2. The number of carbonyl (C=O) groups excluding carboxylic acids is 3. The molecule has 3 rings (SSSR count). The zero-order valence-electron chi connectivity index (χ0n) is 16.3. The fourth-order valence-electron chi connectivity index (χ4n) is 3.28. The number of ether oxygens (including phenoxy) is 1. The van der Waals surface area contributed by atoms with Crippen LogP contribution >= 0.6 is 11.8 Å². The first-order valence-corrected chi connectivity index (χ1v) is 10.5. The molecule has 0 spiro atoms. The minimum atomic E-state index is -0.323. The zero-order valence-corrected chi connectivity index (χ0v) is 17.2. The Kier molecular flexibility index (Phi) is 7.43. The number of anilines is 1. The summed E-state index contributed by atoms with van der Waals surface area (Å²) in [4.78, 5) is 41.0. The molecule has 1 saturated heterocycles. The van der Waals surface area contributed by atoms with Gasteiger partial charge in [0.05, 0.1) is 30.3 Å². The van der Waals surface area contributed by atoms with Crippen molar-refractivity contribution in [2.24, 2.45) is 0 Å². The van der Waals surface area contributed by atoms with Crippen molar-refractivity contribution < 1.29 is 24.2 Å². The molecule has 29 heavy (non-hydrogen) atoms. The first kappa shape index (κ1) is 21.5. The van der Waals surface area contributed by atoms with Crippen LogP contribution in [0.15, 0.2) is 29.2 Å². The Morgan fingerprint density at radius 1 is 1.14 bits per heavy atom. The summed E-state index contributed by atoms with van der Waals surface area (Å²) < 4.78 is 5.33. The molecule has 0 bridgehead atoms. The Morgan fingerprint density at radius 2 is 1.83 bits per heavy atom. The maximum atomic E-state index is 13.1. The van der Waals surface area contributed by atoms with Crippen molar-refractivity contribution in [3.05, 3.63) is 34.7 Å². The number of carbonyl (C=O) groups is 3. The number of imide groups is 1. The van der Waals surface area contributed by atoms with Gasteiger partial charge in [-0.2, -0.15) is 0 Å². The van der Waals surface area contributed by atoms with Gasteiger partial charge in [-0.05, 0) is 17.7 Å². The van der Waals surface area contributed by atoms with E-state index in [9.17, 15) is 19.5 Å². The molecule has 1 fully saturated rings. The molecule has 9 heteroatoms. The zero-order chi connectivity index (χ0) is 20.8. The number of aliphatic hydroxyl groups excluding tert-OH is 1. The summed E-state index contributed by atoms with van der Waals surface area (Å²) in [6, 6.07) is 6.84. The van der Waals surface area contributed by atoms with Crippen molar-refractivity contribution in [1.82, 2.24) is 9.80 Å². The second-order valence-corrected chi connectivity index (χ2v) is 7.86. The molecule has 0 radical (unpaired) electrons. The third-order valence-corrected chi connectivity index (χ3v) is 5.75. The number of nitrogens with one attached hydrogen (secondary N) is 1. The Bertz CT molecular complexity index is 803. The first-order chi connectivity index (χ1) is 14.0. The van der Waals surface area contributed by atoms with E-state index in [1.54, 1.807) is 24.3 Å². The van der Waals surface area contributed by atoms with E-state index in [0.29, 0.717) is 53.8 Å². The van der Waals surface area contributed by atoms with Gasteiger partial charge < -0.3 is 15.2 Å². The van der Waals surface area contributed by atoms with Crippen LogP contribution in [0.2, 0.25) is 0 Å². The summed E-state index contributed by atoms with van der Waals surface area (Å²) in [6.45, 7) is 5.14. The standard InChI is InChI=1S/C20H25N3O5S/c1-14(25)21-16-4-2-15(3-5-16)17-18(29-13-10-24)20(27)23(19(17)26)7-6-22-8-11-28-12-9-22/h2-5,24H,6-13H2,1H3,(H,21,25). The van der Waals surface area contributed by atoms with E-state index in [-0.39, 0.29) is 24.3 Å². The molecule has 156 valence electrons. The number of nitrogens with zero attached hydrogens (tertiary/aromatic N) is 2. The summed E-state index contributed by atoms with van der Waals surface area (Å²) in [5, 5.41) is 11.9. The monoisotopic (exact) mass is 419 g/mol. The largest absolute Gasteiger partial charge is 0.396 e. The van der Waals surface area contributed by atoms with Gasteiger partial charge in [0.1, 0.15) is 0 Å². The van der Waals surface area contributed by atoms with Gasteiger partial charge in [0.2, 0.25) is 5.91 Å². The molecule has 2 N–H and O–H groups in total. The predicted molar refractivity (Wildman–Crippen MR) is 111 cm³/mol. The van der Waals surface area contributed by atoms with Crippen LogP contribution in [-0.4, -0.2) is 84.4 Å². The molecule has 8 nitrogen and oxygen atoms in total. The van der Waals surface area contributed by atoms with Crippen LogP contribution in [0.3, 0.4) is 0 Å². The Hall–Kier alpha value is -2.20. The Morgan fingerprint density at radius 3 is 2.45 bits per heavy atom. The van der Waals surface area contributed by atoms with Gasteiger partial charge in [-0.3, -0.25) is 24.2 Å². The van der Waals surface area contributed by atoms with Crippen molar-refractivity contribution in [3.8, 4) is 0 Å². The predicted octanol–water partition coefficient (Wildman–Crippen LogP) is 0.783. The summed E-state index contributed by atoms with van der Waals surface area (Å²) in [5.41, 5.74) is 1.59. The lowest BCUT2D eigenvalue weighted by molar-refractivity contribution is -0.136. The van der Waals surface area contributed by atoms with Crippen LogP contribution in [-0.2, 0) is 19.1 Å². The highest BCUT2D eigenvalue weighted by Gasteiger charge is 2.39. The van der Waals surface area contributed by atoms with Crippen LogP contribution in [0.1, 0.15) is 12.5 Å². The SMILES string of the molecule is CC(=O)Nc1ccc(C2=C(SCCO)C(=O)N(CCN3CCOCC3)C2=O)cc1. The average Bonchev–Trinajstić information content (AvgIpc) is 2.95. The van der Waals surface area contributed by atoms with Crippen LogP contribution in [0.25, 0.3) is 5.57 Å². The lowest BCUT2D eigenvalue weighted by Gasteiger charge is -2.28. The second kappa shape index (κ2) is 10.0. The molecule has 2 aliphatic rings. The molecule has 2 aliphatic heterocycles. The Balaban J connectivity index is 1.79. The number of morpholine rings is 1. The fraction of sp³-hybridized carbons (Fsp3) is 0.450. The number of benzene rings is 1. The lowest BCUT2D eigenvalue weighted by Crippen LogP contribution is -2.43. The summed E-state index contributed by atoms with van der Waals surface area (Å²) in [6.07, 6.45) is 0. The van der Waals surface area contributed by atoms with Crippen LogP contribution in [0.4, 0.5) is 5.69 Å². The molecule has 0 atom stereocenters. The van der Waals surface area contributed by atoms with E-state index in [0.717, 1.165) is 13.1 Å². The van der Waals surface area contributed by atoms with Crippen molar-refractivity contribution in [2.75, 3.05) is 57.1 Å². The van der Waals surface area contributed by atoms with Gasteiger partial charge in [-0.25, -0.2) is 0 Å². The van der Waals surface area contributed by atoms with E-state index in [1.807, 2.05) is 0 Å². The highest BCUT2D eigenvalue weighted by Crippen LogP contribution is 2.36. The van der Waals surface area contributed by atoms with Crippen molar-refractivity contribution >= 4 is 40.7 Å². The van der Waals surface area contributed by atoms with E-state index >= 15 is 0 Å². The second-order valence-electron chi connectivity index (χ2n) is 6.75. The molecule has 0 unspecified atom stereocenters. The van der Waals surface area contributed by atoms with Crippen molar-refractivity contribution in [3.63, 3.8) is 0 Å². The minimum Gasteiger partial charge on any atom is -0.396 e. The van der Waals surface area contributed by atoms with Gasteiger partial charge in [-0.1, -0.05) is 12.1 Å². The number of hydrogen-bond acceptors (Lipinski definition) is 7. The smallest absolute Gasteiger partial charge is 0.268 e. The van der Waals surface area contributed by atoms with E-state index in [1.165, 1.54) is 23.6 Å². The number of thioether (sulfide) groups is 1. The minimum absolute atomic E-state index is 0.0852. The van der Waals surface area contributed by atoms with Gasteiger partial charge in [0, 0.05) is 44.5 Å². The van der Waals surface area contributed by atoms with Gasteiger partial charge in [-0.15, -0.1) is 11.8 Å². The van der Waals surface area contributed by atoms with Gasteiger partial charge in [0.15, 0.2) is 0 Å². The van der Waals surface area contributed by atoms with E-state index in [4.69, 9.17) is 4.74 Å². The maximum absolute atomic E-state index is 13.1. The topological polar surface area (TPSA) is 99.2 Å². The average molecular weight is 420 g/mol. The lowest BCUT2D eigenvalue weighted by atomic mass is 10.1. The van der Waals surface area contributed by atoms with E-state index in [2.05, 4.69) is 10.2 Å². The molecule has 1 aromatic rings. The Labute approximate surface area is 173 Å². The van der Waals surface area contributed by atoms with Crippen LogP contribution in [0.5, 0.6) is 0 Å². The molecule has 0 aromatic heterocycles. The van der Waals surface area contributed by atoms with Crippen molar-refractivity contribution in [2.45, 2.75) is 6.92 Å². The van der Waals surface area contributed by atoms with Crippen molar-refractivity contribution in [1.29, 1.82) is 0 Å². The number of hydrogen-bond donors (Lipinski definition) is 2. The summed E-state index contributed by atoms with van der Waals surface area (Å²) >= 11 is 1.19. The third-order valence-electron chi connectivity index (χ3n) is 4.70. The molecule has 1 aromatic carbocycles. The van der Waals surface area contributed by atoms with E-state index < -0.39 is 0 Å².